The summed E-state index contributed by atoms with van der Waals surface area (Å²) in [5, 5.41) is 0. The van der Waals surface area contributed by atoms with Crippen LogP contribution < -0.4 is 10.5 Å². The van der Waals surface area contributed by atoms with Crippen LogP contribution in [0.15, 0.2) is 42.7 Å². The van der Waals surface area contributed by atoms with Gasteiger partial charge in [0.15, 0.2) is 5.78 Å². The van der Waals surface area contributed by atoms with Crippen molar-refractivity contribution in [2.24, 2.45) is 5.73 Å². The van der Waals surface area contributed by atoms with Crippen LogP contribution in [0.2, 0.25) is 0 Å². The van der Waals surface area contributed by atoms with Gasteiger partial charge in [-0.1, -0.05) is 24.3 Å². The summed E-state index contributed by atoms with van der Waals surface area (Å²) in [6.07, 6.45) is 3.97. The van der Waals surface area contributed by atoms with Gasteiger partial charge in [0.05, 0.1) is 12.8 Å². The van der Waals surface area contributed by atoms with Gasteiger partial charge in [-0.05, 0) is 31.5 Å². The number of rotatable bonds is 6. The molecule has 0 unspecified atom stereocenters. The van der Waals surface area contributed by atoms with Crippen LogP contribution in [-0.2, 0) is 6.42 Å². The van der Waals surface area contributed by atoms with E-state index in [0.29, 0.717) is 30.0 Å². The maximum Gasteiger partial charge on any atom is 0.194 e. The van der Waals surface area contributed by atoms with E-state index in [1.54, 1.807) is 18.5 Å². The molecule has 0 aliphatic rings. The zero-order chi connectivity index (χ0) is 14.4. The summed E-state index contributed by atoms with van der Waals surface area (Å²) in [5.41, 5.74) is 7.81. The van der Waals surface area contributed by atoms with Gasteiger partial charge in [0.25, 0.3) is 0 Å². The maximum absolute atomic E-state index is 12.4. The number of benzene rings is 1. The molecule has 104 valence electrons. The second kappa shape index (κ2) is 6.82. The number of ketones is 1. The van der Waals surface area contributed by atoms with Gasteiger partial charge in [0.2, 0.25) is 0 Å². The predicted octanol–water partition coefficient (Wildman–Crippen LogP) is 2.21. The topological polar surface area (TPSA) is 65.2 Å². The zero-order valence-electron chi connectivity index (χ0n) is 11.5. The molecule has 0 saturated heterocycles. The van der Waals surface area contributed by atoms with Crippen molar-refractivity contribution >= 4 is 5.78 Å². The molecule has 2 aromatic rings. The lowest BCUT2D eigenvalue weighted by Crippen LogP contribution is -2.05. The predicted molar refractivity (Wildman–Crippen MR) is 78.0 cm³/mol. The molecule has 0 aliphatic carbocycles. The molecule has 1 aromatic carbocycles. The van der Waals surface area contributed by atoms with Crippen molar-refractivity contribution in [3.8, 4) is 5.75 Å². The Morgan fingerprint density at radius 2 is 1.95 bits per heavy atom. The van der Waals surface area contributed by atoms with E-state index in [4.69, 9.17) is 10.5 Å². The van der Waals surface area contributed by atoms with Crippen molar-refractivity contribution in [3.05, 3.63) is 59.4 Å². The standard InChI is InChI=1S/C16H18N2O2/c1-2-20-15-9-14(10-18-11-15)16(19)13-5-3-12(4-6-13)7-8-17/h3-6,9-11H,2,7-8,17H2,1H3. The smallest absolute Gasteiger partial charge is 0.194 e. The number of pyridine rings is 1. The molecule has 0 amide bonds. The number of nitrogens with two attached hydrogens (primary N) is 1. The number of hydrogen-bond donors (Lipinski definition) is 1. The molecule has 20 heavy (non-hydrogen) atoms. The van der Waals surface area contributed by atoms with Crippen LogP contribution in [0.1, 0.15) is 28.4 Å². The van der Waals surface area contributed by atoms with E-state index in [2.05, 4.69) is 4.98 Å². The molecule has 0 spiro atoms. The van der Waals surface area contributed by atoms with Crippen LogP contribution in [0.5, 0.6) is 5.75 Å². The van der Waals surface area contributed by atoms with Crippen molar-refractivity contribution in [1.29, 1.82) is 0 Å². The zero-order valence-corrected chi connectivity index (χ0v) is 11.5. The summed E-state index contributed by atoms with van der Waals surface area (Å²) >= 11 is 0. The quantitative estimate of drug-likeness (QED) is 0.817. The molecule has 0 bridgehead atoms. The Morgan fingerprint density at radius 1 is 1.20 bits per heavy atom. The summed E-state index contributed by atoms with van der Waals surface area (Å²) < 4.78 is 5.35. The third kappa shape index (κ3) is 3.42. The number of ether oxygens (including phenoxy) is 1. The molecule has 4 heteroatoms. The van der Waals surface area contributed by atoms with Crippen LogP contribution in [0.25, 0.3) is 0 Å². The molecule has 0 saturated carbocycles. The average molecular weight is 270 g/mol. The van der Waals surface area contributed by atoms with Crippen LogP contribution in [0.3, 0.4) is 0 Å². The Labute approximate surface area is 118 Å². The Morgan fingerprint density at radius 3 is 2.60 bits per heavy atom. The summed E-state index contributed by atoms with van der Waals surface area (Å²) in [6.45, 7) is 3.05. The average Bonchev–Trinajstić information content (AvgIpc) is 2.48. The first kappa shape index (κ1) is 14.2. The molecule has 2 N–H and O–H groups in total. The lowest BCUT2D eigenvalue weighted by Gasteiger charge is -2.06. The molecule has 2 rings (SSSR count). The van der Waals surface area contributed by atoms with E-state index in [-0.39, 0.29) is 5.78 Å². The molecule has 0 radical (unpaired) electrons. The first-order valence-corrected chi connectivity index (χ1v) is 6.66. The molecule has 4 nitrogen and oxygen atoms in total. The fraction of sp³-hybridized carbons (Fsp3) is 0.250. The number of carbonyl (C=O) groups is 1. The van der Waals surface area contributed by atoms with E-state index in [9.17, 15) is 4.79 Å². The Bertz CT molecular complexity index is 579. The van der Waals surface area contributed by atoms with Gasteiger partial charge < -0.3 is 10.5 Å². The maximum atomic E-state index is 12.4. The van der Waals surface area contributed by atoms with E-state index in [0.717, 1.165) is 12.0 Å². The monoisotopic (exact) mass is 270 g/mol. The third-order valence-corrected chi connectivity index (χ3v) is 2.94. The minimum atomic E-state index is -0.0571. The normalized spacial score (nSPS) is 10.3. The van der Waals surface area contributed by atoms with Crippen LogP contribution in [-0.4, -0.2) is 23.9 Å². The highest BCUT2D eigenvalue weighted by Crippen LogP contribution is 2.15. The van der Waals surface area contributed by atoms with Crippen molar-refractivity contribution in [2.75, 3.05) is 13.2 Å². The Balaban J connectivity index is 2.19. The van der Waals surface area contributed by atoms with Crippen LogP contribution in [0, 0.1) is 0 Å². The SMILES string of the molecule is CCOc1cncc(C(=O)c2ccc(CCN)cc2)c1. The van der Waals surface area contributed by atoms with Gasteiger partial charge in [-0.25, -0.2) is 0 Å². The summed E-state index contributed by atoms with van der Waals surface area (Å²) in [4.78, 5) is 16.4. The van der Waals surface area contributed by atoms with Gasteiger partial charge in [-0.2, -0.15) is 0 Å². The minimum absolute atomic E-state index is 0.0571. The van der Waals surface area contributed by atoms with Crippen LogP contribution >= 0.6 is 0 Å². The Kier molecular flexibility index (Phi) is 4.85. The Hall–Kier alpha value is -2.20. The van der Waals surface area contributed by atoms with Crippen molar-refractivity contribution in [1.82, 2.24) is 4.98 Å². The number of nitrogens with zero attached hydrogens (tertiary/aromatic N) is 1. The molecule has 0 fully saturated rings. The summed E-state index contributed by atoms with van der Waals surface area (Å²) in [7, 11) is 0. The van der Waals surface area contributed by atoms with E-state index in [1.165, 1.54) is 0 Å². The number of carbonyl (C=O) groups excluding carboxylic acids is 1. The second-order valence-electron chi connectivity index (χ2n) is 4.41. The summed E-state index contributed by atoms with van der Waals surface area (Å²) in [6, 6.07) is 9.22. The minimum Gasteiger partial charge on any atom is -0.492 e. The number of aromatic nitrogens is 1. The van der Waals surface area contributed by atoms with Gasteiger partial charge in [-0.15, -0.1) is 0 Å². The van der Waals surface area contributed by atoms with Crippen molar-refractivity contribution < 1.29 is 9.53 Å². The lowest BCUT2D eigenvalue weighted by atomic mass is 10.0. The first-order valence-electron chi connectivity index (χ1n) is 6.66. The van der Waals surface area contributed by atoms with Crippen molar-refractivity contribution in [3.63, 3.8) is 0 Å². The molecule has 1 heterocycles. The van der Waals surface area contributed by atoms with E-state index >= 15 is 0 Å². The van der Waals surface area contributed by atoms with Gasteiger partial charge in [0, 0.05) is 17.3 Å². The highest BCUT2D eigenvalue weighted by Gasteiger charge is 2.10. The van der Waals surface area contributed by atoms with E-state index < -0.39 is 0 Å². The highest BCUT2D eigenvalue weighted by molar-refractivity contribution is 6.08. The van der Waals surface area contributed by atoms with Gasteiger partial charge >= 0.3 is 0 Å². The molecular formula is C16H18N2O2. The fourth-order valence-electron chi connectivity index (χ4n) is 1.94. The molecule has 0 atom stereocenters. The van der Waals surface area contributed by atoms with Crippen molar-refractivity contribution in [2.45, 2.75) is 13.3 Å². The molecular weight excluding hydrogens is 252 g/mol. The summed E-state index contributed by atoms with van der Waals surface area (Å²) in [5.74, 6) is 0.552. The first-order chi connectivity index (χ1) is 9.74. The van der Waals surface area contributed by atoms with Gasteiger partial charge in [-0.3, -0.25) is 9.78 Å². The molecule has 0 aliphatic heterocycles. The van der Waals surface area contributed by atoms with Gasteiger partial charge in [0.1, 0.15) is 5.75 Å². The van der Waals surface area contributed by atoms with Crippen LogP contribution in [0.4, 0.5) is 0 Å². The lowest BCUT2D eigenvalue weighted by molar-refractivity contribution is 0.103. The largest absolute Gasteiger partial charge is 0.492 e. The third-order valence-electron chi connectivity index (χ3n) is 2.94. The highest BCUT2D eigenvalue weighted by atomic mass is 16.5. The fourth-order valence-corrected chi connectivity index (χ4v) is 1.94. The number of hydrogen-bond acceptors (Lipinski definition) is 4. The molecule has 1 aromatic heterocycles. The van der Waals surface area contributed by atoms with E-state index in [1.807, 2.05) is 31.2 Å². The second-order valence-corrected chi connectivity index (χ2v) is 4.41.